The van der Waals surface area contributed by atoms with Crippen LogP contribution in [0.15, 0.2) is 119 Å². The highest BCUT2D eigenvalue weighted by molar-refractivity contribution is 5.73. The van der Waals surface area contributed by atoms with Crippen LogP contribution in [0.1, 0.15) is 42.0 Å². The first kappa shape index (κ1) is 42.7. The van der Waals surface area contributed by atoms with E-state index in [9.17, 15) is 24.6 Å². The molecule has 0 saturated carbocycles. The second-order valence-corrected chi connectivity index (χ2v) is 14.8. The standard InChI is InChI=1S/C43H50N6O11/c1-28(50)44-37-33(17-19-48-21-32(46-47-48)25-56-26-34-38(52)39(53)42(60-34)49-20-18-36(51)45-43(49)54)59-35(27-55-22-29-11-5-2-6-12-29)40(57-23-30-13-7-3-8-14-30)41(37)58-24-31-15-9-4-10-16-31/h2-16,18,20-21,33-35,37-42,52-53H,17,19,22-27H2,1H3,(H,44,50)(H,45,51,54)/t33-,34-,35-,37+,38-,39-,40-,41-,42-/m1/s1. The molecule has 2 aliphatic heterocycles. The Balaban J connectivity index is 1.03. The monoisotopic (exact) mass is 826 g/mol. The van der Waals surface area contributed by atoms with Crippen LogP contribution in [0, 0.1) is 0 Å². The Morgan fingerprint density at radius 1 is 0.750 bits per heavy atom. The Morgan fingerprint density at radius 3 is 1.98 bits per heavy atom. The molecule has 2 aliphatic rings. The van der Waals surface area contributed by atoms with E-state index in [1.54, 1.807) is 10.9 Å². The first-order chi connectivity index (χ1) is 29.2. The zero-order valence-corrected chi connectivity index (χ0v) is 33.1. The van der Waals surface area contributed by atoms with Crippen molar-refractivity contribution >= 4 is 5.91 Å². The third-order valence-electron chi connectivity index (χ3n) is 10.4. The van der Waals surface area contributed by atoms with E-state index >= 15 is 0 Å². The van der Waals surface area contributed by atoms with Crippen LogP contribution in [0.5, 0.6) is 0 Å². The van der Waals surface area contributed by atoms with Crippen LogP contribution in [0.2, 0.25) is 0 Å². The molecule has 9 atom stereocenters. The highest BCUT2D eigenvalue weighted by atomic mass is 16.6. The van der Waals surface area contributed by atoms with Crippen LogP contribution in [0.3, 0.4) is 0 Å². The highest BCUT2D eigenvalue weighted by Crippen LogP contribution is 2.31. The van der Waals surface area contributed by atoms with Crippen molar-refractivity contribution in [3.05, 3.63) is 153 Å². The van der Waals surface area contributed by atoms with Crippen molar-refractivity contribution in [1.29, 1.82) is 0 Å². The summed E-state index contributed by atoms with van der Waals surface area (Å²) in [5.74, 6) is -0.247. The van der Waals surface area contributed by atoms with E-state index in [0.29, 0.717) is 31.9 Å². The van der Waals surface area contributed by atoms with E-state index in [4.69, 9.17) is 28.4 Å². The minimum Gasteiger partial charge on any atom is -0.387 e. The molecule has 318 valence electrons. The van der Waals surface area contributed by atoms with Gasteiger partial charge in [0.25, 0.3) is 5.56 Å². The lowest BCUT2D eigenvalue weighted by Gasteiger charge is -2.46. The lowest BCUT2D eigenvalue weighted by molar-refractivity contribution is -0.233. The summed E-state index contributed by atoms with van der Waals surface area (Å²) >= 11 is 0. The van der Waals surface area contributed by atoms with Gasteiger partial charge in [-0.1, -0.05) is 96.2 Å². The Labute approximate surface area is 345 Å². The average Bonchev–Trinajstić information content (AvgIpc) is 3.82. The minimum atomic E-state index is -1.43. The van der Waals surface area contributed by atoms with Gasteiger partial charge in [-0.05, 0) is 23.1 Å². The molecule has 0 spiro atoms. The maximum atomic E-state index is 12.8. The number of nitrogens with one attached hydrogen (secondary N) is 2. The van der Waals surface area contributed by atoms with Gasteiger partial charge in [0.05, 0.1) is 58.0 Å². The van der Waals surface area contributed by atoms with Crippen molar-refractivity contribution in [3.63, 3.8) is 0 Å². The molecule has 2 fully saturated rings. The maximum Gasteiger partial charge on any atom is 0.330 e. The number of aromatic nitrogens is 5. The van der Waals surface area contributed by atoms with Crippen molar-refractivity contribution in [3.8, 4) is 0 Å². The molecule has 1 amide bonds. The summed E-state index contributed by atoms with van der Waals surface area (Å²) in [5, 5.41) is 32.8. The fraction of sp³-hybridized carbons (Fsp3) is 0.419. The fourth-order valence-corrected chi connectivity index (χ4v) is 7.38. The van der Waals surface area contributed by atoms with Gasteiger partial charge in [0.2, 0.25) is 5.91 Å². The number of hydrogen-bond acceptors (Lipinski definition) is 13. The molecule has 3 aromatic carbocycles. The molecular weight excluding hydrogens is 777 g/mol. The number of hydrogen-bond donors (Lipinski definition) is 4. The van der Waals surface area contributed by atoms with Crippen molar-refractivity contribution in [1.82, 2.24) is 29.9 Å². The lowest BCUT2D eigenvalue weighted by atomic mass is 9.90. The highest BCUT2D eigenvalue weighted by Gasteiger charge is 2.48. The Morgan fingerprint density at radius 2 is 1.35 bits per heavy atom. The first-order valence-corrected chi connectivity index (χ1v) is 19.9. The second kappa shape index (κ2) is 20.7. The lowest BCUT2D eigenvalue weighted by Crippen LogP contribution is -2.65. The van der Waals surface area contributed by atoms with E-state index < -0.39 is 66.2 Å². The van der Waals surface area contributed by atoms with Gasteiger partial charge < -0.3 is 44.0 Å². The molecule has 0 aliphatic carbocycles. The number of aryl methyl sites for hydroxylation is 1. The second-order valence-electron chi connectivity index (χ2n) is 14.8. The van der Waals surface area contributed by atoms with E-state index in [1.165, 1.54) is 13.1 Å². The molecule has 4 N–H and O–H groups in total. The predicted octanol–water partition coefficient (Wildman–Crippen LogP) is 2.01. The van der Waals surface area contributed by atoms with Crippen molar-refractivity contribution in [2.24, 2.45) is 0 Å². The summed E-state index contributed by atoms with van der Waals surface area (Å²) in [7, 11) is 0. The van der Waals surface area contributed by atoms with Gasteiger partial charge in [-0.15, -0.1) is 5.10 Å². The SMILES string of the molecule is CC(=O)N[C@@H]1[C@@H](OCc2ccccc2)[C@H](OCc2ccccc2)[C@@H](COCc2ccccc2)O[C@@H]1CCn1cc(COC[C@H]2O[C@@H](n3ccc(=O)[nH]c3=O)[C@H](O)[C@@H]2O)nn1. The summed E-state index contributed by atoms with van der Waals surface area (Å²) in [5.41, 5.74) is 2.07. The molecule has 0 bridgehead atoms. The van der Waals surface area contributed by atoms with Crippen molar-refractivity contribution in [2.45, 2.75) is 101 Å². The molecule has 17 nitrogen and oxygen atoms in total. The molecular formula is C43H50N6O11. The molecule has 2 aromatic heterocycles. The third-order valence-corrected chi connectivity index (χ3v) is 10.4. The van der Waals surface area contributed by atoms with Crippen molar-refractivity contribution < 1.29 is 43.4 Å². The van der Waals surface area contributed by atoms with E-state index in [-0.39, 0.29) is 32.3 Å². The number of benzene rings is 3. The van der Waals surface area contributed by atoms with Gasteiger partial charge in [0.1, 0.15) is 42.3 Å². The number of ether oxygens (including phenoxy) is 6. The van der Waals surface area contributed by atoms with Gasteiger partial charge in [-0.3, -0.25) is 23.8 Å². The minimum absolute atomic E-state index is 0.0110. The summed E-state index contributed by atoms with van der Waals surface area (Å²) in [4.78, 5) is 38.6. The number of rotatable bonds is 19. The third kappa shape index (κ3) is 11.3. The molecule has 4 heterocycles. The number of carbonyl (C=O) groups is 1. The van der Waals surface area contributed by atoms with Gasteiger partial charge in [0.15, 0.2) is 6.23 Å². The topological polar surface area (TPSA) is 211 Å². The predicted molar refractivity (Wildman–Crippen MR) is 214 cm³/mol. The molecule has 2 saturated heterocycles. The van der Waals surface area contributed by atoms with Gasteiger partial charge >= 0.3 is 5.69 Å². The number of aromatic amines is 1. The van der Waals surface area contributed by atoms with Crippen LogP contribution in [0.4, 0.5) is 0 Å². The van der Waals surface area contributed by atoms with Gasteiger partial charge in [0, 0.05) is 25.7 Å². The smallest absolute Gasteiger partial charge is 0.330 e. The summed E-state index contributed by atoms with van der Waals surface area (Å²) < 4.78 is 40.6. The average molecular weight is 827 g/mol. The van der Waals surface area contributed by atoms with Crippen LogP contribution in [0.25, 0.3) is 0 Å². The van der Waals surface area contributed by atoms with Crippen LogP contribution < -0.4 is 16.6 Å². The zero-order chi connectivity index (χ0) is 41.8. The number of H-pyrrole nitrogens is 1. The number of amides is 1. The van der Waals surface area contributed by atoms with Gasteiger partial charge in [-0.25, -0.2) is 4.79 Å². The molecule has 17 heteroatoms. The summed E-state index contributed by atoms with van der Waals surface area (Å²) in [6.45, 7) is 2.84. The van der Waals surface area contributed by atoms with Crippen molar-refractivity contribution in [2.75, 3.05) is 13.2 Å². The van der Waals surface area contributed by atoms with E-state index in [0.717, 1.165) is 27.3 Å². The number of nitrogens with zero attached hydrogens (tertiary/aromatic N) is 4. The Hall–Kier alpha value is -5.37. The number of aliphatic hydroxyl groups is 2. The Kier molecular flexibility index (Phi) is 14.8. The molecule has 0 radical (unpaired) electrons. The first-order valence-electron chi connectivity index (χ1n) is 19.9. The van der Waals surface area contributed by atoms with Crippen LogP contribution >= 0.6 is 0 Å². The Bertz CT molecular complexity index is 2210. The quantitative estimate of drug-likeness (QED) is 0.0941. The maximum absolute atomic E-state index is 12.8. The zero-order valence-electron chi connectivity index (χ0n) is 33.1. The van der Waals surface area contributed by atoms with E-state index in [2.05, 4.69) is 20.6 Å². The van der Waals surface area contributed by atoms with E-state index in [1.807, 2.05) is 91.0 Å². The molecule has 60 heavy (non-hydrogen) atoms. The number of carbonyl (C=O) groups excluding carboxylic acids is 1. The largest absolute Gasteiger partial charge is 0.387 e. The summed E-state index contributed by atoms with van der Waals surface area (Å²) in [6, 6.07) is 30.0. The molecule has 0 unspecified atom stereocenters. The fourth-order valence-electron chi connectivity index (χ4n) is 7.38. The molecule has 7 rings (SSSR count). The normalized spacial score (nSPS) is 25.3. The summed E-state index contributed by atoms with van der Waals surface area (Å²) in [6.07, 6.45) is -4.01. The molecule has 5 aromatic rings. The van der Waals surface area contributed by atoms with Crippen LogP contribution in [-0.4, -0.2) is 103 Å². The van der Waals surface area contributed by atoms with Crippen LogP contribution in [-0.2, 0) is 66.2 Å². The number of aliphatic hydroxyl groups excluding tert-OH is 2. The van der Waals surface area contributed by atoms with Gasteiger partial charge in [-0.2, -0.15) is 0 Å².